The average Bonchev–Trinajstić information content (AvgIpc) is 2.97. The molecule has 0 saturated carbocycles. The van der Waals surface area contributed by atoms with Crippen LogP contribution < -0.4 is 0 Å². The van der Waals surface area contributed by atoms with Gasteiger partial charge in [-0.25, -0.2) is 14.8 Å². The minimum Gasteiger partial charge on any atom is -0.476 e. The molecule has 7 nitrogen and oxygen atoms in total. The number of carboxylic acids is 1. The first-order valence-electron chi connectivity index (χ1n) is 6.58. The van der Waals surface area contributed by atoms with Crippen molar-refractivity contribution in [3.05, 3.63) is 23.8 Å². The summed E-state index contributed by atoms with van der Waals surface area (Å²) in [6.45, 7) is 3.69. The highest BCUT2D eigenvalue weighted by atomic mass is 16.5. The standard InChI is InChI=1S/C13H17N3O4/c1-2-16(8-9-4-3-5-20-9)12(17)10-6-15-11(7-14-10)13(18)19/h6-7,9H,2-5,8H2,1H3,(H,18,19). The second kappa shape index (κ2) is 6.42. The number of carbonyl (C=O) groups is 2. The first kappa shape index (κ1) is 14.4. The summed E-state index contributed by atoms with van der Waals surface area (Å²) in [7, 11) is 0. The molecule has 0 bridgehead atoms. The summed E-state index contributed by atoms with van der Waals surface area (Å²) in [6, 6.07) is 0. The minimum absolute atomic E-state index is 0.0742. The van der Waals surface area contributed by atoms with Gasteiger partial charge in [0.25, 0.3) is 5.91 Å². The number of ether oxygens (including phenoxy) is 1. The van der Waals surface area contributed by atoms with Crippen molar-refractivity contribution in [3.63, 3.8) is 0 Å². The summed E-state index contributed by atoms with van der Waals surface area (Å²) >= 11 is 0. The molecule has 1 aliphatic heterocycles. The van der Waals surface area contributed by atoms with Gasteiger partial charge in [0.05, 0.1) is 18.5 Å². The molecule has 7 heteroatoms. The van der Waals surface area contributed by atoms with Crippen molar-refractivity contribution in [2.75, 3.05) is 19.7 Å². The third kappa shape index (κ3) is 3.30. The van der Waals surface area contributed by atoms with E-state index < -0.39 is 5.97 Å². The zero-order valence-electron chi connectivity index (χ0n) is 11.3. The highest BCUT2D eigenvalue weighted by Crippen LogP contribution is 2.14. The van der Waals surface area contributed by atoms with E-state index in [4.69, 9.17) is 9.84 Å². The number of rotatable bonds is 5. The highest BCUT2D eigenvalue weighted by Gasteiger charge is 2.23. The Morgan fingerprint density at radius 1 is 1.40 bits per heavy atom. The van der Waals surface area contributed by atoms with Gasteiger partial charge in [-0.3, -0.25) is 4.79 Å². The molecule has 1 aromatic rings. The molecular formula is C13H17N3O4. The quantitative estimate of drug-likeness (QED) is 0.857. The molecule has 20 heavy (non-hydrogen) atoms. The fraction of sp³-hybridized carbons (Fsp3) is 0.538. The minimum atomic E-state index is -1.16. The fourth-order valence-corrected chi connectivity index (χ4v) is 2.10. The third-order valence-corrected chi connectivity index (χ3v) is 3.21. The fourth-order valence-electron chi connectivity index (χ4n) is 2.10. The van der Waals surface area contributed by atoms with Gasteiger partial charge in [0.1, 0.15) is 5.69 Å². The number of aromatic carboxylic acids is 1. The van der Waals surface area contributed by atoms with Crippen molar-refractivity contribution in [2.24, 2.45) is 0 Å². The van der Waals surface area contributed by atoms with Crippen LogP contribution in [0.15, 0.2) is 12.4 Å². The molecule has 1 fully saturated rings. The average molecular weight is 279 g/mol. The molecule has 0 radical (unpaired) electrons. The van der Waals surface area contributed by atoms with Crippen molar-refractivity contribution in [1.29, 1.82) is 0 Å². The Balaban J connectivity index is 2.05. The predicted molar refractivity (Wildman–Crippen MR) is 69.5 cm³/mol. The van der Waals surface area contributed by atoms with Gasteiger partial charge in [-0.15, -0.1) is 0 Å². The summed E-state index contributed by atoms with van der Waals surface area (Å²) in [5, 5.41) is 8.75. The lowest BCUT2D eigenvalue weighted by Crippen LogP contribution is -2.37. The maximum atomic E-state index is 12.3. The molecular weight excluding hydrogens is 262 g/mol. The van der Waals surface area contributed by atoms with Crippen LogP contribution in [0, 0.1) is 0 Å². The number of hydrogen-bond donors (Lipinski definition) is 1. The largest absolute Gasteiger partial charge is 0.476 e. The summed E-state index contributed by atoms with van der Waals surface area (Å²) in [5.41, 5.74) is -0.0291. The summed E-state index contributed by atoms with van der Waals surface area (Å²) in [5.74, 6) is -1.42. The van der Waals surface area contributed by atoms with E-state index >= 15 is 0 Å². The summed E-state index contributed by atoms with van der Waals surface area (Å²) in [6.07, 6.45) is 4.33. The molecule has 0 aromatic carbocycles. The van der Waals surface area contributed by atoms with Crippen LogP contribution in [0.25, 0.3) is 0 Å². The Bertz CT molecular complexity index is 483. The van der Waals surface area contributed by atoms with E-state index in [-0.39, 0.29) is 23.4 Å². The lowest BCUT2D eigenvalue weighted by Gasteiger charge is -2.23. The van der Waals surface area contributed by atoms with Crippen molar-refractivity contribution >= 4 is 11.9 Å². The van der Waals surface area contributed by atoms with Gasteiger partial charge in [0.2, 0.25) is 0 Å². The van der Waals surface area contributed by atoms with Gasteiger partial charge in [-0.05, 0) is 19.8 Å². The van der Waals surface area contributed by atoms with Gasteiger partial charge >= 0.3 is 5.97 Å². The van der Waals surface area contributed by atoms with Gasteiger partial charge < -0.3 is 14.7 Å². The highest BCUT2D eigenvalue weighted by molar-refractivity contribution is 5.92. The second-order valence-electron chi connectivity index (χ2n) is 4.57. The molecule has 2 rings (SSSR count). The number of carboxylic acid groups (broad SMARTS) is 1. The predicted octanol–water partition coefficient (Wildman–Crippen LogP) is 0.816. The number of likely N-dealkylation sites (N-methyl/N-ethyl adjacent to an activating group) is 1. The summed E-state index contributed by atoms with van der Waals surface area (Å²) < 4.78 is 5.51. The van der Waals surface area contributed by atoms with Crippen LogP contribution >= 0.6 is 0 Å². The van der Waals surface area contributed by atoms with Crippen LogP contribution in [0.2, 0.25) is 0 Å². The number of aromatic nitrogens is 2. The van der Waals surface area contributed by atoms with Gasteiger partial charge in [-0.1, -0.05) is 0 Å². The van der Waals surface area contributed by atoms with Crippen molar-refractivity contribution in [1.82, 2.24) is 14.9 Å². The van der Waals surface area contributed by atoms with E-state index in [2.05, 4.69) is 9.97 Å². The molecule has 0 aliphatic carbocycles. The Morgan fingerprint density at radius 3 is 2.60 bits per heavy atom. The Hall–Kier alpha value is -2.02. The van der Waals surface area contributed by atoms with Crippen LogP contribution in [0.5, 0.6) is 0 Å². The monoisotopic (exact) mass is 279 g/mol. The number of nitrogens with zero attached hydrogens (tertiary/aromatic N) is 3. The molecule has 1 aliphatic rings. The molecule has 1 N–H and O–H groups in total. The molecule has 1 amide bonds. The second-order valence-corrected chi connectivity index (χ2v) is 4.57. The van der Waals surface area contributed by atoms with Crippen LogP contribution in [0.1, 0.15) is 40.7 Å². The molecule has 108 valence electrons. The molecule has 0 spiro atoms. The van der Waals surface area contributed by atoms with E-state index in [9.17, 15) is 9.59 Å². The maximum absolute atomic E-state index is 12.3. The van der Waals surface area contributed by atoms with Crippen LogP contribution in [-0.2, 0) is 4.74 Å². The first-order chi connectivity index (χ1) is 9.61. The summed E-state index contributed by atoms with van der Waals surface area (Å²) in [4.78, 5) is 32.2. The molecule has 2 heterocycles. The van der Waals surface area contributed by atoms with Crippen molar-refractivity contribution < 1.29 is 19.4 Å². The molecule has 1 unspecified atom stereocenters. The van der Waals surface area contributed by atoms with E-state index in [1.165, 1.54) is 6.20 Å². The zero-order valence-corrected chi connectivity index (χ0v) is 11.3. The van der Waals surface area contributed by atoms with E-state index in [0.717, 1.165) is 25.6 Å². The smallest absolute Gasteiger partial charge is 0.356 e. The third-order valence-electron chi connectivity index (χ3n) is 3.21. The topological polar surface area (TPSA) is 92.6 Å². The number of hydrogen-bond acceptors (Lipinski definition) is 5. The Morgan fingerprint density at radius 2 is 2.10 bits per heavy atom. The number of amides is 1. The van der Waals surface area contributed by atoms with E-state index in [1.54, 1.807) is 4.90 Å². The van der Waals surface area contributed by atoms with Gasteiger partial charge in [0, 0.05) is 19.7 Å². The number of carbonyl (C=O) groups excluding carboxylic acids is 1. The zero-order chi connectivity index (χ0) is 14.5. The molecule has 1 saturated heterocycles. The maximum Gasteiger partial charge on any atom is 0.356 e. The van der Waals surface area contributed by atoms with E-state index in [0.29, 0.717) is 13.1 Å². The van der Waals surface area contributed by atoms with Crippen LogP contribution in [0.4, 0.5) is 0 Å². The van der Waals surface area contributed by atoms with Crippen molar-refractivity contribution in [2.45, 2.75) is 25.9 Å². The normalized spacial score (nSPS) is 17.9. The van der Waals surface area contributed by atoms with E-state index in [1.807, 2.05) is 6.92 Å². The van der Waals surface area contributed by atoms with Crippen LogP contribution in [0.3, 0.4) is 0 Å². The SMILES string of the molecule is CCN(CC1CCCO1)C(=O)c1cnc(C(=O)O)cn1. The Kier molecular flexibility index (Phi) is 4.62. The molecule has 1 aromatic heterocycles. The van der Waals surface area contributed by atoms with Crippen molar-refractivity contribution in [3.8, 4) is 0 Å². The Labute approximate surface area is 116 Å². The lowest BCUT2D eigenvalue weighted by atomic mass is 10.2. The van der Waals surface area contributed by atoms with Gasteiger partial charge in [-0.2, -0.15) is 0 Å². The van der Waals surface area contributed by atoms with Crippen LogP contribution in [-0.4, -0.2) is 57.7 Å². The lowest BCUT2D eigenvalue weighted by molar-refractivity contribution is 0.0533. The first-order valence-corrected chi connectivity index (χ1v) is 6.58. The van der Waals surface area contributed by atoms with Gasteiger partial charge in [0.15, 0.2) is 5.69 Å². The molecule has 1 atom stereocenters.